The molecule has 0 bridgehead atoms. The quantitative estimate of drug-likeness (QED) is 0.293. The molecule has 0 atom stereocenters. The molecule has 0 saturated carbocycles. The van der Waals surface area contributed by atoms with Gasteiger partial charge in [-0.2, -0.15) is 0 Å². The van der Waals surface area contributed by atoms with Crippen molar-refractivity contribution in [2.45, 2.75) is 65.0 Å². The summed E-state index contributed by atoms with van der Waals surface area (Å²) in [5.74, 6) is 0.817. The molecule has 0 aliphatic rings. The highest BCUT2D eigenvalue weighted by molar-refractivity contribution is 5.91. The van der Waals surface area contributed by atoms with Crippen LogP contribution in [0.4, 0.5) is 0 Å². The van der Waals surface area contributed by atoms with E-state index >= 15 is 0 Å². The van der Waals surface area contributed by atoms with Gasteiger partial charge in [0.2, 0.25) is 5.91 Å². The van der Waals surface area contributed by atoms with E-state index in [4.69, 9.17) is 4.98 Å². The summed E-state index contributed by atoms with van der Waals surface area (Å²) in [6, 6.07) is 18.1. The highest BCUT2D eigenvalue weighted by atomic mass is 16.1. The molecule has 1 aromatic heterocycles. The van der Waals surface area contributed by atoms with Crippen molar-refractivity contribution >= 4 is 23.0 Å². The lowest BCUT2D eigenvalue weighted by atomic mass is 10.1. The van der Waals surface area contributed by atoms with Crippen LogP contribution in [0.5, 0.6) is 0 Å². The normalized spacial score (nSPS) is 11.4. The smallest absolute Gasteiger partial charge is 0.244 e. The first-order chi connectivity index (χ1) is 14.8. The number of nitrogens with one attached hydrogen (secondary N) is 1. The standard InChI is InChI=1S/C26H33N3O/c1-2-3-4-5-6-7-13-20-29-24-17-12-11-16-23(24)28-25(29)21-27-26(30)19-18-22-14-9-8-10-15-22/h8-12,14-19H,2-7,13,20-21H2,1H3,(H,27,30)/b19-18-. The highest BCUT2D eigenvalue weighted by Gasteiger charge is 2.10. The molecule has 3 aromatic rings. The van der Waals surface area contributed by atoms with Crippen LogP contribution in [0.2, 0.25) is 0 Å². The maximum Gasteiger partial charge on any atom is 0.244 e. The summed E-state index contributed by atoms with van der Waals surface area (Å²) in [7, 11) is 0. The highest BCUT2D eigenvalue weighted by Crippen LogP contribution is 2.18. The largest absolute Gasteiger partial charge is 0.345 e. The molecule has 4 heteroatoms. The molecule has 1 N–H and O–H groups in total. The summed E-state index contributed by atoms with van der Waals surface area (Å²) in [6.07, 6.45) is 12.4. The zero-order chi connectivity index (χ0) is 21.0. The van der Waals surface area contributed by atoms with E-state index in [1.807, 2.05) is 48.5 Å². The summed E-state index contributed by atoms with van der Waals surface area (Å²) in [5.41, 5.74) is 3.15. The number of aryl methyl sites for hydroxylation is 1. The molecule has 3 rings (SSSR count). The average molecular weight is 404 g/mol. The molecule has 30 heavy (non-hydrogen) atoms. The Balaban J connectivity index is 1.57. The predicted molar refractivity (Wildman–Crippen MR) is 125 cm³/mol. The van der Waals surface area contributed by atoms with Crippen molar-refractivity contribution in [3.8, 4) is 0 Å². The minimum Gasteiger partial charge on any atom is -0.345 e. The molecule has 0 unspecified atom stereocenters. The van der Waals surface area contributed by atoms with Crippen LogP contribution in [0.25, 0.3) is 17.1 Å². The number of carbonyl (C=O) groups excluding carboxylic acids is 1. The molecule has 1 heterocycles. The number of imidazole rings is 1. The van der Waals surface area contributed by atoms with Crippen molar-refractivity contribution < 1.29 is 4.79 Å². The predicted octanol–water partition coefficient (Wildman–Crippen LogP) is 6.12. The van der Waals surface area contributed by atoms with E-state index in [2.05, 4.69) is 28.9 Å². The zero-order valence-corrected chi connectivity index (χ0v) is 18.0. The lowest BCUT2D eigenvalue weighted by molar-refractivity contribution is -0.116. The summed E-state index contributed by atoms with van der Waals surface area (Å²) >= 11 is 0. The lowest BCUT2D eigenvalue weighted by Gasteiger charge is -2.10. The third kappa shape index (κ3) is 6.58. The number of aromatic nitrogens is 2. The van der Waals surface area contributed by atoms with Crippen molar-refractivity contribution in [1.82, 2.24) is 14.9 Å². The van der Waals surface area contributed by atoms with Gasteiger partial charge in [-0.3, -0.25) is 4.79 Å². The second-order valence-corrected chi connectivity index (χ2v) is 7.75. The minimum absolute atomic E-state index is 0.103. The number of fused-ring (bicyclic) bond motifs is 1. The number of hydrogen-bond donors (Lipinski definition) is 1. The van der Waals surface area contributed by atoms with Gasteiger partial charge in [0, 0.05) is 12.6 Å². The van der Waals surface area contributed by atoms with Gasteiger partial charge in [-0.05, 0) is 30.2 Å². The fourth-order valence-electron chi connectivity index (χ4n) is 3.70. The first kappa shape index (κ1) is 21.8. The number of amides is 1. The van der Waals surface area contributed by atoms with E-state index in [1.165, 1.54) is 38.5 Å². The number of hydrogen-bond acceptors (Lipinski definition) is 2. The molecule has 0 aliphatic heterocycles. The number of unbranched alkanes of at least 4 members (excludes halogenated alkanes) is 6. The Labute approximate surface area is 180 Å². The summed E-state index contributed by atoms with van der Waals surface area (Å²) < 4.78 is 2.27. The van der Waals surface area contributed by atoms with Gasteiger partial charge in [-0.25, -0.2) is 4.98 Å². The molecule has 0 saturated heterocycles. The van der Waals surface area contributed by atoms with Gasteiger partial charge in [0.15, 0.2) is 0 Å². The van der Waals surface area contributed by atoms with E-state index in [0.717, 1.165) is 35.4 Å². The van der Waals surface area contributed by atoms with Gasteiger partial charge in [-0.15, -0.1) is 0 Å². The summed E-state index contributed by atoms with van der Waals surface area (Å²) in [6.45, 7) is 3.63. The topological polar surface area (TPSA) is 46.9 Å². The van der Waals surface area contributed by atoms with Crippen molar-refractivity contribution in [2.75, 3.05) is 0 Å². The molecule has 1 amide bonds. The molecule has 2 aromatic carbocycles. The number of nitrogens with zero attached hydrogens (tertiary/aromatic N) is 2. The van der Waals surface area contributed by atoms with E-state index in [1.54, 1.807) is 6.08 Å². The van der Waals surface area contributed by atoms with Crippen molar-refractivity contribution in [1.29, 1.82) is 0 Å². The maximum absolute atomic E-state index is 12.3. The van der Waals surface area contributed by atoms with Crippen LogP contribution >= 0.6 is 0 Å². The number of rotatable bonds is 12. The van der Waals surface area contributed by atoms with Crippen LogP contribution in [0.1, 0.15) is 63.3 Å². The van der Waals surface area contributed by atoms with Gasteiger partial charge in [0.1, 0.15) is 5.82 Å². The van der Waals surface area contributed by atoms with Crippen LogP contribution in [-0.2, 0) is 17.9 Å². The second kappa shape index (κ2) is 12.0. The molecule has 0 radical (unpaired) electrons. The van der Waals surface area contributed by atoms with Crippen LogP contribution < -0.4 is 5.32 Å². The first-order valence-corrected chi connectivity index (χ1v) is 11.2. The molecular formula is C26H33N3O. The summed E-state index contributed by atoms with van der Waals surface area (Å²) in [4.78, 5) is 17.0. The Kier molecular flexibility index (Phi) is 8.70. The number of benzene rings is 2. The van der Waals surface area contributed by atoms with Gasteiger partial charge < -0.3 is 9.88 Å². The first-order valence-electron chi connectivity index (χ1n) is 11.2. The third-order valence-corrected chi connectivity index (χ3v) is 5.37. The zero-order valence-electron chi connectivity index (χ0n) is 18.0. The molecule has 0 aliphatic carbocycles. The molecule has 158 valence electrons. The van der Waals surface area contributed by atoms with E-state index in [0.29, 0.717) is 6.54 Å². The maximum atomic E-state index is 12.3. The van der Waals surface area contributed by atoms with Crippen LogP contribution in [-0.4, -0.2) is 15.5 Å². The van der Waals surface area contributed by atoms with Crippen molar-refractivity contribution in [3.05, 3.63) is 72.1 Å². The molecular weight excluding hydrogens is 370 g/mol. The fraction of sp³-hybridized carbons (Fsp3) is 0.385. The molecule has 0 spiro atoms. The van der Waals surface area contributed by atoms with Gasteiger partial charge in [0.25, 0.3) is 0 Å². The fourth-order valence-corrected chi connectivity index (χ4v) is 3.70. The minimum atomic E-state index is -0.103. The van der Waals surface area contributed by atoms with Crippen LogP contribution in [0.15, 0.2) is 60.7 Å². The Morgan fingerprint density at radius 2 is 1.63 bits per heavy atom. The number of carbonyl (C=O) groups is 1. The monoisotopic (exact) mass is 403 g/mol. The van der Waals surface area contributed by atoms with E-state index in [-0.39, 0.29) is 5.91 Å². The van der Waals surface area contributed by atoms with Gasteiger partial charge in [0.05, 0.1) is 17.6 Å². The summed E-state index contributed by atoms with van der Waals surface area (Å²) in [5, 5.41) is 2.99. The van der Waals surface area contributed by atoms with Crippen LogP contribution in [0.3, 0.4) is 0 Å². The Bertz CT molecular complexity index is 943. The Hall–Kier alpha value is -2.88. The average Bonchev–Trinajstić information content (AvgIpc) is 3.14. The molecule has 0 fully saturated rings. The Morgan fingerprint density at radius 3 is 2.43 bits per heavy atom. The Morgan fingerprint density at radius 1 is 0.933 bits per heavy atom. The van der Waals surface area contributed by atoms with Crippen LogP contribution in [0, 0.1) is 0 Å². The van der Waals surface area contributed by atoms with E-state index in [9.17, 15) is 4.79 Å². The second-order valence-electron chi connectivity index (χ2n) is 7.75. The number of para-hydroxylation sites is 2. The van der Waals surface area contributed by atoms with Gasteiger partial charge >= 0.3 is 0 Å². The SMILES string of the molecule is CCCCCCCCCn1c(CNC(=O)/C=C\c2ccccc2)nc2ccccc21. The van der Waals surface area contributed by atoms with E-state index < -0.39 is 0 Å². The molecule has 4 nitrogen and oxygen atoms in total. The van der Waals surface area contributed by atoms with Gasteiger partial charge in [-0.1, -0.05) is 87.9 Å². The van der Waals surface area contributed by atoms with Crippen molar-refractivity contribution in [3.63, 3.8) is 0 Å². The third-order valence-electron chi connectivity index (χ3n) is 5.37. The van der Waals surface area contributed by atoms with Crippen molar-refractivity contribution in [2.24, 2.45) is 0 Å². The lowest BCUT2D eigenvalue weighted by Crippen LogP contribution is -2.22.